The average molecular weight is 479 g/mol. The van der Waals surface area contributed by atoms with Gasteiger partial charge in [0, 0.05) is 29.7 Å². The number of hydrogen-bond donors (Lipinski definition) is 2. The van der Waals surface area contributed by atoms with Crippen molar-refractivity contribution in [2.45, 2.75) is 25.0 Å². The molecule has 0 aliphatic heterocycles. The van der Waals surface area contributed by atoms with Crippen molar-refractivity contribution in [1.29, 1.82) is 0 Å². The van der Waals surface area contributed by atoms with Gasteiger partial charge in [-0.05, 0) is 48.2 Å². The molecule has 0 radical (unpaired) electrons. The maximum Gasteiger partial charge on any atom is 0.262 e. The zero-order valence-corrected chi connectivity index (χ0v) is 19.5. The topological polar surface area (TPSA) is 93.1 Å². The number of hydrogen-bond acceptors (Lipinski definition) is 6. The lowest BCUT2D eigenvalue weighted by Gasteiger charge is -2.13. The molecule has 168 valence electrons. The SMILES string of the molecule is CC(=O)Nc1cccc(NC(=O)CSc2nc3ccccc3c(=O)n2CCc2cccs2)c1. The van der Waals surface area contributed by atoms with Gasteiger partial charge in [-0.25, -0.2) is 4.98 Å². The Labute approximate surface area is 198 Å². The zero-order chi connectivity index (χ0) is 23.2. The molecular formula is C24H22N4O3S2. The van der Waals surface area contributed by atoms with Crippen LogP contribution >= 0.6 is 23.1 Å². The highest BCUT2D eigenvalue weighted by molar-refractivity contribution is 7.99. The van der Waals surface area contributed by atoms with Crippen LogP contribution in [-0.4, -0.2) is 27.1 Å². The molecule has 0 atom stereocenters. The van der Waals surface area contributed by atoms with Gasteiger partial charge in [0.15, 0.2) is 5.16 Å². The summed E-state index contributed by atoms with van der Waals surface area (Å²) < 4.78 is 1.65. The number of rotatable bonds is 8. The Morgan fingerprint density at radius 1 is 1.03 bits per heavy atom. The second-order valence-corrected chi connectivity index (χ2v) is 9.27. The Morgan fingerprint density at radius 3 is 2.58 bits per heavy atom. The zero-order valence-electron chi connectivity index (χ0n) is 17.9. The number of thiophene rings is 1. The van der Waals surface area contributed by atoms with Gasteiger partial charge in [-0.15, -0.1) is 11.3 Å². The summed E-state index contributed by atoms with van der Waals surface area (Å²) in [6, 6.07) is 18.2. The van der Waals surface area contributed by atoms with Crippen molar-refractivity contribution >= 4 is 57.2 Å². The van der Waals surface area contributed by atoms with Crippen LogP contribution in [0.4, 0.5) is 11.4 Å². The maximum absolute atomic E-state index is 13.1. The van der Waals surface area contributed by atoms with E-state index in [-0.39, 0.29) is 23.1 Å². The van der Waals surface area contributed by atoms with Crippen LogP contribution in [0.2, 0.25) is 0 Å². The summed E-state index contributed by atoms with van der Waals surface area (Å²) in [5, 5.41) is 8.60. The maximum atomic E-state index is 13.1. The third-order valence-corrected chi connectivity index (χ3v) is 6.70. The van der Waals surface area contributed by atoms with E-state index in [4.69, 9.17) is 0 Å². The summed E-state index contributed by atoms with van der Waals surface area (Å²) in [5.74, 6) is -0.321. The first-order chi connectivity index (χ1) is 16.0. The summed E-state index contributed by atoms with van der Waals surface area (Å²) in [6.45, 7) is 1.91. The molecule has 4 rings (SSSR count). The van der Waals surface area contributed by atoms with Gasteiger partial charge in [0.1, 0.15) is 0 Å². The number of carbonyl (C=O) groups excluding carboxylic acids is 2. The lowest BCUT2D eigenvalue weighted by Crippen LogP contribution is -2.25. The van der Waals surface area contributed by atoms with E-state index in [0.717, 1.165) is 0 Å². The third-order valence-electron chi connectivity index (χ3n) is 4.79. The normalized spacial score (nSPS) is 10.8. The van der Waals surface area contributed by atoms with Crippen molar-refractivity contribution in [1.82, 2.24) is 9.55 Å². The fourth-order valence-corrected chi connectivity index (χ4v) is 4.86. The quantitative estimate of drug-likeness (QED) is 0.289. The molecule has 2 heterocycles. The Kier molecular flexibility index (Phi) is 7.21. The molecule has 0 fully saturated rings. The molecule has 2 aromatic heterocycles. The van der Waals surface area contributed by atoms with Gasteiger partial charge in [-0.1, -0.05) is 36.0 Å². The predicted octanol–water partition coefficient (Wildman–Crippen LogP) is 4.39. The molecule has 0 bridgehead atoms. The first-order valence-corrected chi connectivity index (χ1v) is 12.2. The van der Waals surface area contributed by atoms with Crippen LogP contribution in [0.3, 0.4) is 0 Å². The van der Waals surface area contributed by atoms with Gasteiger partial charge in [-0.2, -0.15) is 0 Å². The van der Waals surface area contributed by atoms with Gasteiger partial charge in [-0.3, -0.25) is 19.0 Å². The van der Waals surface area contributed by atoms with E-state index in [1.165, 1.54) is 23.6 Å². The van der Waals surface area contributed by atoms with Crippen LogP contribution in [0.25, 0.3) is 10.9 Å². The summed E-state index contributed by atoms with van der Waals surface area (Å²) in [6.07, 6.45) is 0.716. The standard InChI is InChI=1S/C24H22N4O3S2/c1-16(29)25-17-6-4-7-18(14-17)26-22(30)15-33-24-27-21-10-3-2-9-20(21)23(31)28(24)12-11-19-8-5-13-32-19/h2-10,13-14H,11-12,15H2,1H3,(H,25,29)(H,26,30). The molecule has 9 heteroatoms. The lowest BCUT2D eigenvalue weighted by atomic mass is 10.2. The highest BCUT2D eigenvalue weighted by Crippen LogP contribution is 2.20. The molecule has 7 nitrogen and oxygen atoms in total. The van der Waals surface area contributed by atoms with Gasteiger partial charge in [0.2, 0.25) is 11.8 Å². The summed E-state index contributed by atoms with van der Waals surface area (Å²) >= 11 is 2.88. The van der Waals surface area contributed by atoms with E-state index >= 15 is 0 Å². The summed E-state index contributed by atoms with van der Waals surface area (Å²) in [7, 11) is 0. The van der Waals surface area contributed by atoms with Crippen LogP contribution in [0.5, 0.6) is 0 Å². The summed E-state index contributed by atoms with van der Waals surface area (Å²) in [5.41, 5.74) is 1.68. The Morgan fingerprint density at radius 2 is 1.82 bits per heavy atom. The number of nitrogens with zero attached hydrogens (tertiary/aromatic N) is 2. The second-order valence-electron chi connectivity index (χ2n) is 7.30. The van der Waals surface area contributed by atoms with Crippen LogP contribution in [0, 0.1) is 0 Å². The van der Waals surface area contributed by atoms with E-state index in [1.807, 2.05) is 29.6 Å². The van der Waals surface area contributed by atoms with Crippen molar-refractivity contribution in [3.8, 4) is 0 Å². The fraction of sp³-hybridized carbons (Fsp3) is 0.167. The fourth-order valence-electron chi connectivity index (χ4n) is 3.34. The number of amides is 2. The van der Waals surface area contributed by atoms with E-state index in [1.54, 1.807) is 52.3 Å². The van der Waals surface area contributed by atoms with Crippen molar-refractivity contribution in [3.63, 3.8) is 0 Å². The average Bonchev–Trinajstić information content (AvgIpc) is 3.31. The first-order valence-electron chi connectivity index (χ1n) is 10.3. The van der Waals surface area contributed by atoms with Crippen LogP contribution in [-0.2, 0) is 22.6 Å². The van der Waals surface area contributed by atoms with Gasteiger partial charge in [0.25, 0.3) is 5.56 Å². The molecular weight excluding hydrogens is 456 g/mol. The Hall–Kier alpha value is -3.43. The number of aromatic nitrogens is 2. The van der Waals surface area contributed by atoms with Crippen LogP contribution in [0.15, 0.2) is 76.0 Å². The van der Waals surface area contributed by atoms with Gasteiger partial charge < -0.3 is 10.6 Å². The number of benzene rings is 2. The number of carbonyl (C=O) groups is 2. The molecule has 0 aliphatic rings. The smallest absolute Gasteiger partial charge is 0.262 e. The molecule has 0 unspecified atom stereocenters. The number of nitrogens with one attached hydrogen (secondary N) is 2. The van der Waals surface area contributed by atoms with Crippen LogP contribution < -0.4 is 16.2 Å². The number of thioether (sulfide) groups is 1. The monoisotopic (exact) mass is 478 g/mol. The molecule has 2 aromatic carbocycles. The Bertz CT molecular complexity index is 1350. The molecule has 33 heavy (non-hydrogen) atoms. The lowest BCUT2D eigenvalue weighted by molar-refractivity contribution is -0.114. The van der Waals surface area contributed by atoms with Crippen molar-refractivity contribution in [3.05, 3.63) is 81.3 Å². The second kappa shape index (κ2) is 10.5. The van der Waals surface area contributed by atoms with E-state index in [2.05, 4.69) is 15.6 Å². The number of para-hydroxylation sites is 1. The molecule has 4 aromatic rings. The van der Waals surface area contributed by atoms with E-state index in [9.17, 15) is 14.4 Å². The third kappa shape index (κ3) is 5.88. The minimum atomic E-state index is -0.229. The van der Waals surface area contributed by atoms with Crippen LogP contribution in [0.1, 0.15) is 11.8 Å². The van der Waals surface area contributed by atoms with Crippen molar-refractivity contribution < 1.29 is 9.59 Å². The van der Waals surface area contributed by atoms with Gasteiger partial charge in [0.05, 0.1) is 16.7 Å². The largest absolute Gasteiger partial charge is 0.326 e. The number of aryl methyl sites for hydroxylation is 1. The highest BCUT2D eigenvalue weighted by Gasteiger charge is 2.14. The molecule has 2 amide bonds. The van der Waals surface area contributed by atoms with E-state index in [0.29, 0.717) is 40.4 Å². The summed E-state index contributed by atoms with van der Waals surface area (Å²) in [4.78, 5) is 42.8. The number of anilines is 2. The first kappa shape index (κ1) is 22.8. The molecule has 2 N–H and O–H groups in total. The van der Waals surface area contributed by atoms with Gasteiger partial charge >= 0.3 is 0 Å². The molecule has 0 saturated heterocycles. The predicted molar refractivity (Wildman–Crippen MR) is 134 cm³/mol. The molecule has 0 spiro atoms. The Balaban J connectivity index is 1.51. The van der Waals surface area contributed by atoms with E-state index < -0.39 is 0 Å². The highest BCUT2D eigenvalue weighted by atomic mass is 32.2. The minimum Gasteiger partial charge on any atom is -0.326 e. The van der Waals surface area contributed by atoms with Crippen molar-refractivity contribution in [2.24, 2.45) is 0 Å². The van der Waals surface area contributed by atoms with Crippen molar-refractivity contribution in [2.75, 3.05) is 16.4 Å². The molecule has 0 aliphatic carbocycles. The molecule has 0 saturated carbocycles. The minimum absolute atomic E-state index is 0.0914. The number of fused-ring (bicyclic) bond motifs is 1.